The van der Waals surface area contributed by atoms with Crippen LogP contribution in [-0.4, -0.2) is 35.9 Å². The molecule has 1 aliphatic rings. The molecule has 0 radical (unpaired) electrons. The van der Waals surface area contributed by atoms with Crippen LogP contribution in [0.25, 0.3) is 12.0 Å². The van der Waals surface area contributed by atoms with Crippen molar-refractivity contribution in [3.63, 3.8) is 0 Å². The second-order valence-electron chi connectivity index (χ2n) is 5.67. The number of fused-ring (bicyclic) bond motifs is 1. The third kappa shape index (κ3) is 2.94. The number of anilines is 1. The van der Waals surface area contributed by atoms with Crippen molar-refractivity contribution in [1.29, 1.82) is 0 Å². The third-order valence-electron chi connectivity index (χ3n) is 3.83. The van der Waals surface area contributed by atoms with Crippen LogP contribution < -0.4 is 5.32 Å². The van der Waals surface area contributed by atoms with Crippen LogP contribution in [0.5, 0.6) is 0 Å². The Labute approximate surface area is 144 Å². The van der Waals surface area contributed by atoms with Crippen molar-refractivity contribution >= 4 is 24.1 Å². The molecule has 0 aliphatic carbocycles. The minimum absolute atomic E-state index is 0.590. The molecule has 0 saturated carbocycles. The summed E-state index contributed by atoms with van der Waals surface area (Å²) in [6.45, 7) is 1.98. The van der Waals surface area contributed by atoms with E-state index in [2.05, 4.69) is 25.5 Å². The molecule has 0 bridgehead atoms. The molecule has 4 rings (SSSR count). The molecule has 126 valence electrons. The highest BCUT2D eigenvalue weighted by Gasteiger charge is 2.19. The van der Waals surface area contributed by atoms with Crippen LogP contribution in [0.2, 0.25) is 0 Å². The maximum Gasteiger partial charge on any atom is 0.162 e. The lowest BCUT2D eigenvalue weighted by Gasteiger charge is -2.14. The average molecular weight is 335 g/mol. The molecule has 0 saturated heterocycles. The summed E-state index contributed by atoms with van der Waals surface area (Å²) in [6, 6.07) is 5.61. The van der Waals surface area contributed by atoms with Gasteiger partial charge in [0.2, 0.25) is 0 Å². The Bertz CT molecular complexity index is 936. The Morgan fingerprint density at radius 3 is 2.96 bits per heavy atom. The number of rotatable bonds is 4. The molecule has 25 heavy (non-hydrogen) atoms. The molecule has 0 amide bonds. The van der Waals surface area contributed by atoms with Gasteiger partial charge in [0, 0.05) is 31.1 Å². The molecule has 8 nitrogen and oxygen atoms in total. The second-order valence-corrected chi connectivity index (χ2v) is 5.67. The minimum atomic E-state index is -0.978. The maximum atomic E-state index is 10.6. The first kappa shape index (κ1) is 15.3. The Hall–Kier alpha value is -3.26. The molecular weight excluding hydrogens is 318 g/mol. The number of aryl methyl sites for hydroxylation is 1. The van der Waals surface area contributed by atoms with Crippen LogP contribution in [0.4, 0.5) is 11.6 Å². The molecule has 0 aromatic carbocycles. The number of aliphatic imine (C=N–C) groups is 1. The van der Waals surface area contributed by atoms with Crippen LogP contribution in [0, 0.1) is 6.92 Å². The third-order valence-corrected chi connectivity index (χ3v) is 3.83. The number of pyridine rings is 1. The monoisotopic (exact) mass is 335 g/mol. The molecule has 2 N–H and O–H groups in total. The predicted octanol–water partition coefficient (Wildman–Crippen LogP) is 2.45. The van der Waals surface area contributed by atoms with Crippen LogP contribution in [0.3, 0.4) is 0 Å². The van der Waals surface area contributed by atoms with Gasteiger partial charge in [-0.25, -0.2) is 14.7 Å². The first-order chi connectivity index (χ1) is 12.2. The Morgan fingerprint density at radius 2 is 2.12 bits per heavy atom. The first-order valence-electron chi connectivity index (χ1n) is 7.90. The van der Waals surface area contributed by atoms with E-state index in [1.807, 2.05) is 31.3 Å². The molecule has 1 unspecified atom stereocenters. The number of hydrogen-bond acceptors (Lipinski definition) is 6. The molecule has 1 aliphatic heterocycles. The van der Waals surface area contributed by atoms with Gasteiger partial charge < -0.3 is 10.4 Å². The summed E-state index contributed by atoms with van der Waals surface area (Å²) < 4.78 is 3.27. The summed E-state index contributed by atoms with van der Waals surface area (Å²) in [5.74, 6) is 1.89. The largest absolute Gasteiger partial charge is 0.369 e. The van der Waals surface area contributed by atoms with Gasteiger partial charge >= 0.3 is 0 Å². The number of nitrogens with one attached hydrogen (secondary N) is 1. The van der Waals surface area contributed by atoms with Gasteiger partial charge in [-0.3, -0.25) is 0 Å². The highest BCUT2D eigenvalue weighted by atomic mass is 16.3. The van der Waals surface area contributed by atoms with Crippen molar-refractivity contribution in [3.8, 4) is 5.82 Å². The van der Waals surface area contributed by atoms with Crippen molar-refractivity contribution in [2.45, 2.75) is 19.6 Å². The van der Waals surface area contributed by atoms with Gasteiger partial charge in [0.15, 0.2) is 17.9 Å². The van der Waals surface area contributed by atoms with Gasteiger partial charge in [-0.15, -0.1) is 0 Å². The van der Waals surface area contributed by atoms with E-state index < -0.39 is 6.23 Å². The second kappa shape index (κ2) is 6.33. The number of allylic oxidation sites excluding steroid dienone is 1. The zero-order valence-electron chi connectivity index (χ0n) is 13.6. The van der Waals surface area contributed by atoms with Gasteiger partial charge in [-0.2, -0.15) is 14.9 Å². The van der Waals surface area contributed by atoms with Gasteiger partial charge in [0.25, 0.3) is 0 Å². The smallest absolute Gasteiger partial charge is 0.162 e. The Morgan fingerprint density at radius 1 is 1.20 bits per heavy atom. The summed E-state index contributed by atoms with van der Waals surface area (Å²) in [4.78, 5) is 8.73. The number of aromatic nitrogens is 5. The summed E-state index contributed by atoms with van der Waals surface area (Å²) in [6.07, 6.45) is 10.4. The van der Waals surface area contributed by atoms with E-state index in [0.717, 1.165) is 12.0 Å². The molecule has 0 fully saturated rings. The molecule has 4 heterocycles. The van der Waals surface area contributed by atoms with Gasteiger partial charge in [-0.05, 0) is 18.6 Å². The van der Waals surface area contributed by atoms with Crippen LogP contribution >= 0.6 is 0 Å². The van der Waals surface area contributed by atoms with Crippen molar-refractivity contribution in [2.24, 2.45) is 4.99 Å². The normalized spacial score (nSPS) is 14.2. The number of aliphatic hydroxyl groups is 1. The topological polar surface area (TPSA) is 93.2 Å². The van der Waals surface area contributed by atoms with Crippen molar-refractivity contribution in [1.82, 2.24) is 24.5 Å². The number of hydrogen-bond donors (Lipinski definition) is 2. The fraction of sp³-hybridized carbons (Fsp3) is 0.176. The van der Waals surface area contributed by atoms with E-state index in [1.54, 1.807) is 40.2 Å². The van der Waals surface area contributed by atoms with Crippen molar-refractivity contribution in [2.75, 3.05) is 5.32 Å². The van der Waals surface area contributed by atoms with Crippen LogP contribution in [-0.2, 0) is 0 Å². The maximum absolute atomic E-state index is 10.6. The van der Waals surface area contributed by atoms with Gasteiger partial charge in [0.1, 0.15) is 5.82 Å². The lowest BCUT2D eigenvalue weighted by atomic mass is 10.3. The SMILES string of the molecule is Cc1ccc(-n2nccc2NC(O)c2cnn3c2N=CCC=C3)nc1. The summed E-state index contributed by atoms with van der Waals surface area (Å²) in [5.41, 5.74) is 1.66. The van der Waals surface area contributed by atoms with Crippen molar-refractivity contribution < 1.29 is 5.11 Å². The standard InChI is InChI=1S/C17H17N7O/c1-12-4-5-14(19-10-12)24-15(6-8-20-24)22-17(25)13-11-21-23-9-3-2-7-18-16(13)23/h3-11,17,22,25H,2H2,1H3. The predicted molar refractivity (Wildman–Crippen MR) is 95.0 cm³/mol. The van der Waals surface area contributed by atoms with Gasteiger partial charge in [0.05, 0.1) is 18.0 Å². The highest BCUT2D eigenvalue weighted by molar-refractivity contribution is 5.68. The molecule has 0 spiro atoms. The molecular formula is C17H17N7O. The average Bonchev–Trinajstić information content (AvgIpc) is 3.16. The van der Waals surface area contributed by atoms with Gasteiger partial charge in [-0.1, -0.05) is 12.1 Å². The van der Waals surface area contributed by atoms with E-state index in [-0.39, 0.29) is 0 Å². The summed E-state index contributed by atoms with van der Waals surface area (Å²) >= 11 is 0. The quantitative estimate of drug-likeness (QED) is 0.714. The summed E-state index contributed by atoms with van der Waals surface area (Å²) in [7, 11) is 0. The van der Waals surface area contributed by atoms with E-state index in [0.29, 0.717) is 23.0 Å². The van der Waals surface area contributed by atoms with E-state index in [4.69, 9.17) is 0 Å². The van der Waals surface area contributed by atoms with E-state index >= 15 is 0 Å². The van der Waals surface area contributed by atoms with E-state index in [9.17, 15) is 5.11 Å². The van der Waals surface area contributed by atoms with Crippen LogP contribution in [0.15, 0.2) is 47.9 Å². The molecule has 1 atom stereocenters. The summed E-state index contributed by atoms with van der Waals surface area (Å²) in [5, 5.41) is 22.2. The molecule has 8 heteroatoms. The molecule has 3 aromatic rings. The zero-order valence-corrected chi connectivity index (χ0v) is 13.6. The Balaban J connectivity index is 1.62. The number of nitrogens with zero attached hydrogens (tertiary/aromatic N) is 6. The minimum Gasteiger partial charge on any atom is -0.369 e. The lowest BCUT2D eigenvalue weighted by molar-refractivity contribution is 0.208. The lowest BCUT2D eigenvalue weighted by Crippen LogP contribution is -2.13. The van der Waals surface area contributed by atoms with Crippen molar-refractivity contribution in [3.05, 3.63) is 54.0 Å². The highest BCUT2D eigenvalue weighted by Crippen LogP contribution is 2.28. The zero-order chi connectivity index (χ0) is 17.2. The molecule has 3 aromatic heterocycles. The fourth-order valence-electron chi connectivity index (χ4n) is 2.56. The van der Waals surface area contributed by atoms with Crippen LogP contribution in [0.1, 0.15) is 23.8 Å². The van der Waals surface area contributed by atoms with E-state index in [1.165, 1.54) is 0 Å². The number of aliphatic hydroxyl groups excluding tert-OH is 1. The fourth-order valence-corrected chi connectivity index (χ4v) is 2.56. The first-order valence-corrected chi connectivity index (χ1v) is 7.90. The Kier molecular flexibility index (Phi) is 3.87.